The zero-order valence-electron chi connectivity index (χ0n) is 19.8. The van der Waals surface area contributed by atoms with Gasteiger partial charge in [-0.15, -0.1) is 0 Å². The van der Waals surface area contributed by atoms with Crippen LogP contribution >= 0.6 is 0 Å². The molecule has 186 valence electrons. The first-order valence-corrected chi connectivity index (χ1v) is 11.1. The van der Waals surface area contributed by atoms with Crippen molar-refractivity contribution in [1.29, 1.82) is 0 Å². The van der Waals surface area contributed by atoms with Gasteiger partial charge in [0.25, 0.3) is 5.56 Å². The van der Waals surface area contributed by atoms with Crippen LogP contribution in [0.5, 0.6) is 5.75 Å². The number of carbonyl (C=O) groups is 1. The van der Waals surface area contributed by atoms with Crippen molar-refractivity contribution in [3.8, 4) is 5.75 Å². The number of H-pyrrole nitrogens is 1. The minimum atomic E-state index is -0.752. The largest absolute Gasteiger partial charge is 0.494 e. The summed E-state index contributed by atoms with van der Waals surface area (Å²) in [4.78, 5) is 42.1. The molecule has 10 heteroatoms. The Labute approximate surface area is 201 Å². The van der Waals surface area contributed by atoms with Crippen molar-refractivity contribution in [2.75, 3.05) is 38.0 Å². The molecule has 9 nitrogen and oxygen atoms in total. The van der Waals surface area contributed by atoms with Gasteiger partial charge in [0.2, 0.25) is 5.91 Å². The summed E-state index contributed by atoms with van der Waals surface area (Å²) >= 11 is 0. The van der Waals surface area contributed by atoms with Crippen LogP contribution < -0.4 is 26.6 Å². The van der Waals surface area contributed by atoms with Gasteiger partial charge in [-0.05, 0) is 36.1 Å². The molecule has 1 aromatic heterocycles. The Bertz CT molecular complexity index is 1270. The minimum Gasteiger partial charge on any atom is -0.494 e. The van der Waals surface area contributed by atoms with Gasteiger partial charge in [-0.25, -0.2) is 9.18 Å². The Morgan fingerprint density at radius 1 is 1.11 bits per heavy atom. The van der Waals surface area contributed by atoms with E-state index in [4.69, 9.17) is 15.2 Å². The smallest absolute Gasteiger partial charge is 0.330 e. The third-order valence-corrected chi connectivity index (χ3v) is 5.54. The van der Waals surface area contributed by atoms with Crippen molar-refractivity contribution in [2.24, 2.45) is 0 Å². The topological polar surface area (TPSA) is 120 Å². The molecule has 0 aliphatic carbocycles. The number of hydrogen-bond acceptors (Lipinski definition) is 6. The third-order valence-electron chi connectivity index (χ3n) is 5.54. The number of anilines is 2. The van der Waals surface area contributed by atoms with Crippen molar-refractivity contribution in [3.05, 3.63) is 86.3 Å². The van der Waals surface area contributed by atoms with Crippen molar-refractivity contribution in [2.45, 2.75) is 25.8 Å². The summed E-state index contributed by atoms with van der Waals surface area (Å²) in [5.41, 5.74) is 6.18. The van der Waals surface area contributed by atoms with Gasteiger partial charge in [0.15, 0.2) is 17.3 Å². The lowest BCUT2D eigenvalue weighted by molar-refractivity contribution is -0.118. The maximum atomic E-state index is 14.0. The van der Waals surface area contributed by atoms with Crippen LogP contribution in [0.1, 0.15) is 24.0 Å². The maximum absolute atomic E-state index is 14.0. The monoisotopic (exact) mass is 484 g/mol. The second-order valence-electron chi connectivity index (χ2n) is 7.93. The van der Waals surface area contributed by atoms with E-state index in [-0.39, 0.29) is 49.1 Å². The number of aryl methyl sites for hydroxylation is 1. The number of nitrogens with one attached hydrogen (secondary N) is 1. The summed E-state index contributed by atoms with van der Waals surface area (Å²) < 4.78 is 25.3. The molecule has 0 fully saturated rings. The number of amides is 1. The van der Waals surface area contributed by atoms with Gasteiger partial charge in [0, 0.05) is 26.7 Å². The number of benzene rings is 2. The van der Waals surface area contributed by atoms with Crippen LogP contribution in [-0.2, 0) is 22.5 Å². The van der Waals surface area contributed by atoms with Gasteiger partial charge in [-0.1, -0.05) is 36.4 Å². The van der Waals surface area contributed by atoms with Crippen LogP contribution in [0.4, 0.5) is 15.9 Å². The first-order valence-electron chi connectivity index (χ1n) is 11.1. The molecule has 35 heavy (non-hydrogen) atoms. The highest BCUT2D eigenvalue weighted by Crippen LogP contribution is 2.22. The number of nitrogen functional groups attached to an aromatic ring is 1. The molecule has 0 radical (unpaired) electrons. The van der Waals surface area contributed by atoms with E-state index in [0.717, 1.165) is 5.56 Å². The summed E-state index contributed by atoms with van der Waals surface area (Å²) in [5, 5.41) is 0. The normalized spacial score (nSPS) is 10.8. The number of hydrogen-bond donors (Lipinski definition) is 2. The molecule has 0 bridgehead atoms. The predicted molar refractivity (Wildman–Crippen MR) is 131 cm³/mol. The number of nitrogens with zero attached hydrogens (tertiary/aromatic N) is 2. The van der Waals surface area contributed by atoms with Gasteiger partial charge in [-0.3, -0.25) is 19.1 Å². The summed E-state index contributed by atoms with van der Waals surface area (Å²) in [6.07, 6.45) is 0.674. The summed E-state index contributed by atoms with van der Waals surface area (Å²) in [6.45, 7) is 0.635. The number of aromatic amines is 1. The number of ether oxygens (including phenoxy) is 2. The molecule has 0 aliphatic rings. The molecular weight excluding hydrogens is 455 g/mol. The number of methoxy groups -OCH3 is 2. The summed E-state index contributed by atoms with van der Waals surface area (Å²) in [5.74, 6) is -0.910. The first-order chi connectivity index (χ1) is 16.8. The van der Waals surface area contributed by atoms with E-state index >= 15 is 0 Å². The van der Waals surface area contributed by atoms with Crippen LogP contribution in [0.3, 0.4) is 0 Å². The van der Waals surface area contributed by atoms with Crippen LogP contribution in [0, 0.1) is 5.82 Å². The van der Waals surface area contributed by atoms with E-state index in [0.29, 0.717) is 18.6 Å². The fourth-order valence-electron chi connectivity index (χ4n) is 3.74. The average molecular weight is 485 g/mol. The fourth-order valence-corrected chi connectivity index (χ4v) is 3.74. The molecule has 3 aromatic rings. The first kappa shape index (κ1) is 25.7. The average Bonchev–Trinajstić information content (AvgIpc) is 2.85. The van der Waals surface area contributed by atoms with E-state index < -0.39 is 17.1 Å². The fraction of sp³-hybridized carbons (Fsp3) is 0.320. The molecule has 0 atom stereocenters. The minimum absolute atomic E-state index is 0.00452. The molecule has 0 spiro atoms. The van der Waals surface area contributed by atoms with E-state index in [1.807, 2.05) is 30.3 Å². The highest BCUT2D eigenvalue weighted by molar-refractivity contribution is 5.95. The molecule has 3 rings (SSSR count). The number of aromatic nitrogens is 2. The lowest BCUT2D eigenvalue weighted by Gasteiger charge is -2.24. The van der Waals surface area contributed by atoms with Gasteiger partial charge in [0.1, 0.15) is 5.82 Å². The Hall–Kier alpha value is -3.92. The highest BCUT2D eigenvalue weighted by atomic mass is 19.1. The van der Waals surface area contributed by atoms with Gasteiger partial charge in [0.05, 0.1) is 13.7 Å². The molecule has 1 heterocycles. The van der Waals surface area contributed by atoms with Crippen LogP contribution in [-0.4, -0.2) is 42.8 Å². The van der Waals surface area contributed by atoms with Gasteiger partial charge in [-0.2, -0.15) is 0 Å². The highest BCUT2D eigenvalue weighted by Gasteiger charge is 2.24. The number of nitrogens with two attached hydrogens (primary N) is 1. The third kappa shape index (κ3) is 6.36. The standard InChI is InChI=1S/C25H29FN4O5/c1-34-14-6-13-29(21(31)12-10-17-9-11-20(35-2)19(26)15-17)22-23(27)30(25(33)28-24(22)32)16-18-7-4-3-5-8-18/h3-5,7-9,11,15H,6,10,12-14,16,27H2,1-2H3,(H,28,32,33). The summed E-state index contributed by atoms with van der Waals surface area (Å²) in [6, 6.07) is 13.6. The molecule has 2 aromatic carbocycles. The second kappa shape index (κ2) is 12.0. The second-order valence-corrected chi connectivity index (χ2v) is 7.93. The SMILES string of the molecule is COCCCN(C(=O)CCc1ccc(OC)c(F)c1)c1c(N)n(Cc2ccccc2)c(=O)[nH]c1=O. The van der Waals surface area contributed by atoms with Gasteiger partial charge >= 0.3 is 5.69 Å². The molecule has 0 saturated carbocycles. The van der Waals surface area contributed by atoms with Crippen LogP contribution in [0.15, 0.2) is 58.1 Å². The van der Waals surface area contributed by atoms with E-state index in [9.17, 15) is 18.8 Å². The Morgan fingerprint density at radius 2 is 1.86 bits per heavy atom. The van der Waals surface area contributed by atoms with Crippen LogP contribution in [0.2, 0.25) is 0 Å². The van der Waals surface area contributed by atoms with Crippen molar-refractivity contribution in [3.63, 3.8) is 0 Å². The number of carbonyl (C=O) groups excluding carboxylic acids is 1. The van der Waals surface area contributed by atoms with Crippen molar-refractivity contribution in [1.82, 2.24) is 9.55 Å². The number of halogens is 1. The van der Waals surface area contributed by atoms with Crippen LogP contribution in [0.25, 0.3) is 0 Å². The molecule has 1 amide bonds. The van der Waals surface area contributed by atoms with E-state index in [1.54, 1.807) is 6.07 Å². The zero-order valence-corrected chi connectivity index (χ0v) is 19.8. The number of rotatable bonds is 11. The lowest BCUT2D eigenvalue weighted by atomic mass is 10.1. The summed E-state index contributed by atoms with van der Waals surface area (Å²) in [7, 11) is 2.91. The molecule has 0 saturated heterocycles. The molecule has 0 aliphatic heterocycles. The quantitative estimate of drug-likeness (QED) is 0.403. The molecule has 0 unspecified atom stereocenters. The Morgan fingerprint density at radius 3 is 2.51 bits per heavy atom. The van der Waals surface area contributed by atoms with E-state index in [2.05, 4.69) is 4.98 Å². The Balaban J connectivity index is 1.91. The van der Waals surface area contributed by atoms with Crippen molar-refractivity contribution < 1.29 is 18.7 Å². The zero-order chi connectivity index (χ0) is 25.4. The predicted octanol–water partition coefficient (Wildman–Crippen LogP) is 2.32. The maximum Gasteiger partial charge on any atom is 0.330 e. The molecule has 3 N–H and O–H groups in total. The van der Waals surface area contributed by atoms with Crippen molar-refractivity contribution >= 4 is 17.4 Å². The molecular formula is C25H29FN4O5. The van der Waals surface area contributed by atoms with E-state index in [1.165, 1.54) is 35.8 Å². The Kier molecular flexibility index (Phi) is 8.80. The lowest BCUT2D eigenvalue weighted by Crippen LogP contribution is -2.42. The van der Waals surface area contributed by atoms with Gasteiger partial charge < -0.3 is 20.1 Å².